The van der Waals surface area contributed by atoms with Crippen molar-refractivity contribution < 1.29 is 5.11 Å². The second-order valence-corrected chi connectivity index (χ2v) is 4.21. The van der Waals surface area contributed by atoms with Crippen molar-refractivity contribution in [2.24, 2.45) is 0 Å². The van der Waals surface area contributed by atoms with Gasteiger partial charge in [0, 0.05) is 4.88 Å². The van der Waals surface area contributed by atoms with Gasteiger partial charge in [-0.3, -0.25) is 0 Å². The van der Waals surface area contributed by atoms with Gasteiger partial charge < -0.3 is 5.11 Å². The third-order valence-electron chi connectivity index (χ3n) is 2.13. The van der Waals surface area contributed by atoms with Gasteiger partial charge in [-0.25, -0.2) is 0 Å². The maximum atomic E-state index is 9.84. The maximum absolute atomic E-state index is 9.84. The summed E-state index contributed by atoms with van der Waals surface area (Å²) in [6.45, 7) is 0. The van der Waals surface area contributed by atoms with E-state index in [1.165, 1.54) is 0 Å². The van der Waals surface area contributed by atoms with E-state index in [-0.39, 0.29) is 0 Å². The van der Waals surface area contributed by atoms with Crippen LogP contribution in [0.3, 0.4) is 0 Å². The Hall–Kier alpha value is -1.38. The quantitative estimate of drug-likeness (QED) is 0.832. The van der Waals surface area contributed by atoms with Gasteiger partial charge in [0.05, 0.1) is 6.10 Å². The summed E-state index contributed by atoms with van der Waals surface area (Å²) in [5.74, 6) is 0. The van der Waals surface area contributed by atoms with Gasteiger partial charge in [0.15, 0.2) is 0 Å². The zero-order valence-electron chi connectivity index (χ0n) is 8.21. The molecule has 0 amide bonds. The smallest absolute Gasteiger partial charge is 0.0975 e. The van der Waals surface area contributed by atoms with Gasteiger partial charge in [0.1, 0.15) is 0 Å². The predicted molar refractivity (Wildman–Crippen MR) is 64.8 cm³/mol. The molecule has 76 valence electrons. The number of thiophene rings is 1. The Morgan fingerprint density at radius 1 is 1.07 bits per heavy atom. The zero-order chi connectivity index (χ0) is 10.5. The lowest BCUT2D eigenvalue weighted by molar-refractivity contribution is 0.229. The lowest BCUT2D eigenvalue weighted by atomic mass is 10.1. The highest BCUT2D eigenvalue weighted by Crippen LogP contribution is 2.17. The van der Waals surface area contributed by atoms with Gasteiger partial charge >= 0.3 is 0 Å². The van der Waals surface area contributed by atoms with E-state index in [0.29, 0.717) is 0 Å². The summed E-state index contributed by atoms with van der Waals surface area (Å²) in [5.41, 5.74) is 0.922. The molecule has 2 heteroatoms. The Balaban J connectivity index is 2.07. The largest absolute Gasteiger partial charge is 0.384 e. The Morgan fingerprint density at radius 3 is 2.53 bits per heavy atom. The predicted octanol–water partition coefficient (Wildman–Crippen LogP) is 3.49. The van der Waals surface area contributed by atoms with Gasteiger partial charge in [-0.05, 0) is 23.1 Å². The highest BCUT2D eigenvalue weighted by atomic mass is 32.1. The van der Waals surface area contributed by atoms with E-state index in [1.807, 2.05) is 53.9 Å². The van der Waals surface area contributed by atoms with E-state index >= 15 is 0 Å². The van der Waals surface area contributed by atoms with Crippen LogP contribution in [-0.4, -0.2) is 5.11 Å². The number of hydrogen-bond donors (Lipinski definition) is 1. The van der Waals surface area contributed by atoms with Crippen molar-refractivity contribution in [3.8, 4) is 0 Å². The van der Waals surface area contributed by atoms with Crippen molar-refractivity contribution in [3.63, 3.8) is 0 Å². The number of aliphatic hydroxyl groups excluding tert-OH is 1. The Morgan fingerprint density at radius 2 is 1.87 bits per heavy atom. The van der Waals surface area contributed by atoms with Crippen molar-refractivity contribution in [1.29, 1.82) is 0 Å². The Kier molecular flexibility index (Phi) is 3.33. The molecule has 0 fully saturated rings. The molecule has 0 aliphatic rings. The molecule has 0 saturated carbocycles. The van der Waals surface area contributed by atoms with Crippen LogP contribution in [0.25, 0.3) is 6.08 Å². The van der Waals surface area contributed by atoms with E-state index in [4.69, 9.17) is 0 Å². The van der Waals surface area contributed by atoms with Crippen LogP contribution in [0.2, 0.25) is 0 Å². The van der Waals surface area contributed by atoms with Crippen LogP contribution in [0.5, 0.6) is 0 Å². The molecular weight excluding hydrogens is 204 g/mol. The average Bonchev–Trinajstić information content (AvgIpc) is 2.80. The minimum atomic E-state index is -0.520. The number of aliphatic hydroxyl groups is 1. The molecule has 0 aliphatic heterocycles. The molecule has 1 aromatic carbocycles. The molecule has 1 N–H and O–H groups in total. The molecule has 0 spiro atoms. The van der Waals surface area contributed by atoms with Crippen LogP contribution in [0.15, 0.2) is 53.9 Å². The fraction of sp³-hybridized carbons (Fsp3) is 0.0769. The van der Waals surface area contributed by atoms with Gasteiger partial charge in [-0.15, -0.1) is 11.3 Å². The van der Waals surface area contributed by atoms with E-state index in [0.717, 1.165) is 10.4 Å². The summed E-state index contributed by atoms with van der Waals surface area (Å²) in [7, 11) is 0. The molecule has 1 aromatic heterocycles. The summed E-state index contributed by atoms with van der Waals surface area (Å²) in [5, 5.41) is 11.9. The van der Waals surface area contributed by atoms with Crippen molar-refractivity contribution in [2.75, 3.05) is 0 Å². The normalized spacial score (nSPS) is 13.1. The number of rotatable bonds is 3. The van der Waals surface area contributed by atoms with Gasteiger partial charge in [0.2, 0.25) is 0 Å². The minimum absolute atomic E-state index is 0.520. The number of benzene rings is 1. The van der Waals surface area contributed by atoms with Crippen molar-refractivity contribution in [3.05, 3.63) is 64.4 Å². The lowest BCUT2D eigenvalue weighted by Gasteiger charge is -2.04. The fourth-order valence-corrected chi connectivity index (χ4v) is 1.96. The molecule has 0 unspecified atom stereocenters. The third-order valence-corrected chi connectivity index (χ3v) is 2.96. The first kappa shape index (κ1) is 10.1. The van der Waals surface area contributed by atoms with Crippen LogP contribution in [0.1, 0.15) is 16.5 Å². The Labute approximate surface area is 93.3 Å². The summed E-state index contributed by atoms with van der Waals surface area (Å²) in [6, 6.07) is 13.7. The second-order valence-electron chi connectivity index (χ2n) is 3.23. The number of hydrogen-bond acceptors (Lipinski definition) is 2. The van der Waals surface area contributed by atoms with Crippen LogP contribution >= 0.6 is 11.3 Å². The standard InChI is InChI=1S/C13H12OS/c14-13(11-5-2-1-3-6-11)9-8-12-7-4-10-15-12/h1-10,13-14H/b9-8+/t13-/m1/s1. The molecule has 2 rings (SSSR count). The Bertz CT molecular complexity index is 417. The highest BCUT2D eigenvalue weighted by Gasteiger charge is 2.00. The van der Waals surface area contributed by atoms with Crippen LogP contribution in [0, 0.1) is 0 Å². The molecular formula is C13H12OS. The van der Waals surface area contributed by atoms with E-state index in [1.54, 1.807) is 17.4 Å². The van der Waals surface area contributed by atoms with Crippen LogP contribution in [0.4, 0.5) is 0 Å². The SMILES string of the molecule is O[C@H](/C=C/c1cccs1)c1ccccc1. The van der Waals surface area contributed by atoms with Crippen molar-refractivity contribution in [1.82, 2.24) is 0 Å². The van der Waals surface area contributed by atoms with Crippen LogP contribution < -0.4 is 0 Å². The third kappa shape index (κ3) is 2.78. The van der Waals surface area contributed by atoms with Crippen LogP contribution in [-0.2, 0) is 0 Å². The molecule has 0 radical (unpaired) electrons. The first-order valence-corrected chi connectivity index (χ1v) is 5.69. The van der Waals surface area contributed by atoms with Gasteiger partial charge in [-0.1, -0.05) is 42.5 Å². The first-order valence-electron chi connectivity index (χ1n) is 4.81. The topological polar surface area (TPSA) is 20.2 Å². The molecule has 15 heavy (non-hydrogen) atoms. The summed E-state index contributed by atoms with van der Waals surface area (Å²) in [6.07, 6.45) is 3.23. The molecule has 1 atom stereocenters. The second kappa shape index (κ2) is 4.91. The summed E-state index contributed by atoms with van der Waals surface area (Å²) in [4.78, 5) is 1.16. The van der Waals surface area contributed by atoms with Gasteiger partial charge in [-0.2, -0.15) is 0 Å². The van der Waals surface area contributed by atoms with E-state index < -0.39 is 6.10 Å². The maximum Gasteiger partial charge on any atom is 0.0975 e. The molecule has 1 heterocycles. The zero-order valence-corrected chi connectivity index (χ0v) is 9.02. The van der Waals surface area contributed by atoms with E-state index in [2.05, 4.69) is 0 Å². The average molecular weight is 216 g/mol. The van der Waals surface area contributed by atoms with Crippen molar-refractivity contribution in [2.45, 2.75) is 6.10 Å². The van der Waals surface area contributed by atoms with Gasteiger partial charge in [0.25, 0.3) is 0 Å². The van der Waals surface area contributed by atoms with E-state index in [9.17, 15) is 5.11 Å². The molecule has 1 nitrogen and oxygen atoms in total. The molecule has 0 aliphatic carbocycles. The summed E-state index contributed by atoms with van der Waals surface area (Å²) < 4.78 is 0. The summed E-state index contributed by atoms with van der Waals surface area (Å²) >= 11 is 1.66. The minimum Gasteiger partial charge on any atom is -0.384 e. The fourth-order valence-electron chi connectivity index (χ4n) is 1.33. The lowest BCUT2D eigenvalue weighted by Crippen LogP contribution is -1.91. The highest BCUT2D eigenvalue weighted by molar-refractivity contribution is 7.10. The monoisotopic (exact) mass is 216 g/mol. The molecule has 0 saturated heterocycles. The van der Waals surface area contributed by atoms with Crippen molar-refractivity contribution >= 4 is 17.4 Å². The molecule has 2 aromatic rings. The molecule has 0 bridgehead atoms. The first-order chi connectivity index (χ1) is 7.36.